The van der Waals surface area contributed by atoms with Gasteiger partial charge in [0.15, 0.2) is 0 Å². The minimum absolute atomic E-state index is 0.427. The number of hydrogen-bond acceptors (Lipinski definition) is 1. The molecule has 0 heterocycles. The van der Waals surface area contributed by atoms with Crippen molar-refractivity contribution in [2.45, 2.75) is 39.2 Å². The molecule has 1 aliphatic rings. The summed E-state index contributed by atoms with van der Waals surface area (Å²) in [6.45, 7) is 4.49. The number of nitrogens with one attached hydrogen (secondary N) is 1. The van der Waals surface area contributed by atoms with E-state index in [-0.39, 0.29) is 0 Å². The van der Waals surface area contributed by atoms with E-state index in [2.05, 4.69) is 19.2 Å². The lowest BCUT2D eigenvalue weighted by Crippen LogP contribution is -2.39. The average molecular weight is 155 g/mol. The van der Waals surface area contributed by atoms with Crippen LogP contribution in [0, 0.1) is 11.8 Å². The van der Waals surface area contributed by atoms with E-state index >= 15 is 0 Å². The zero-order chi connectivity index (χ0) is 8.27. The van der Waals surface area contributed by atoms with Crippen molar-refractivity contribution in [1.82, 2.24) is 5.32 Å². The molecule has 0 bridgehead atoms. The fraction of sp³-hybridized carbons (Fsp3) is 0.889. The summed E-state index contributed by atoms with van der Waals surface area (Å²) in [7, 11) is 0. The maximum Gasteiger partial charge on any atom is 0.207 e. The van der Waals surface area contributed by atoms with Crippen molar-refractivity contribution in [2.24, 2.45) is 11.8 Å². The Hall–Kier alpha value is -0.530. The molecule has 11 heavy (non-hydrogen) atoms. The number of rotatable bonds is 2. The van der Waals surface area contributed by atoms with Gasteiger partial charge in [0.2, 0.25) is 6.41 Å². The Labute approximate surface area is 68.4 Å². The first-order chi connectivity index (χ1) is 5.25. The zero-order valence-electron chi connectivity index (χ0n) is 7.34. The lowest BCUT2D eigenvalue weighted by atomic mass is 9.78. The van der Waals surface area contributed by atoms with Gasteiger partial charge in [0.05, 0.1) is 0 Å². The average Bonchev–Trinajstić information content (AvgIpc) is 1.99. The molecule has 0 unspecified atom stereocenters. The smallest absolute Gasteiger partial charge is 0.207 e. The zero-order valence-corrected chi connectivity index (χ0v) is 7.34. The van der Waals surface area contributed by atoms with Gasteiger partial charge in [-0.2, -0.15) is 0 Å². The molecule has 2 heteroatoms. The first-order valence-corrected chi connectivity index (χ1v) is 4.45. The quantitative estimate of drug-likeness (QED) is 0.602. The third-order valence-corrected chi connectivity index (χ3v) is 2.99. The van der Waals surface area contributed by atoms with Gasteiger partial charge in [0.25, 0.3) is 0 Å². The second kappa shape index (κ2) is 3.74. The molecule has 1 N–H and O–H groups in total. The van der Waals surface area contributed by atoms with Crippen LogP contribution in [0.4, 0.5) is 0 Å². The molecule has 0 saturated heterocycles. The first-order valence-electron chi connectivity index (χ1n) is 4.45. The third kappa shape index (κ3) is 1.95. The van der Waals surface area contributed by atoms with Gasteiger partial charge >= 0.3 is 0 Å². The van der Waals surface area contributed by atoms with E-state index in [9.17, 15) is 4.79 Å². The lowest BCUT2D eigenvalue weighted by Gasteiger charge is -2.33. The normalized spacial score (nSPS) is 38.2. The van der Waals surface area contributed by atoms with E-state index in [0.717, 1.165) is 18.7 Å². The number of carbonyl (C=O) groups excluding carboxylic acids is 1. The van der Waals surface area contributed by atoms with Crippen molar-refractivity contribution in [3.63, 3.8) is 0 Å². The largest absolute Gasteiger partial charge is 0.356 e. The molecule has 1 amide bonds. The van der Waals surface area contributed by atoms with Gasteiger partial charge in [-0.05, 0) is 18.3 Å². The minimum atomic E-state index is 0.427. The highest BCUT2D eigenvalue weighted by atomic mass is 16.1. The molecule has 1 fully saturated rings. The van der Waals surface area contributed by atoms with Gasteiger partial charge in [0, 0.05) is 6.04 Å². The van der Waals surface area contributed by atoms with E-state index in [4.69, 9.17) is 0 Å². The molecular weight excluding hydrogens is 138 g/mol. The van der Waals surface area contributed by atoms with Crippen LogP contribution in [-0.4, -0.2) is 12.5 Å². The van der Waals surface area contributed by atoms with E-state index < -0.39 is 0 Å². The standard InChI is InChI=1S/C9H17NO/c1-7-4-3-5-9(8(7)2)10-6-11/h6-9H,3-5H2,1-2H3,(H,10,11)/t7-,8-,9+/m1/s1. The molecule has 3 atom stereocenters. The summed E-state index contributed by atoms with van der Waals surface area (Å²) in [6.07, 6.45) is 4.57. The van der Waals surface area contributed by atoms with E-state index in [1.807, 2.05) is 0 Å². The van der Waals surface area contributed by atoms with Gasteiger partial charge in [0.1, 0.15) is 0 Å². The third-order valence-electron chi connectivity index (χ3n) is 2.99. The summed E-state index contributed by atoms with van der Waals surface area (Å²) >= 11 is 0. The molecule has 0 aliphatic heterocycles. The van der Waals surface area contributed by atoms with Crippen LogP contribution in [0.1, 0.15) is 33.1 Å². The Morgan fingerprint density at radius 1 is 1.36 bits per heavy atom. The maximum absolute atomic E-state index is 10.2. The van der Waals surface area contributed by atoms with Crippen LogP contribution >= 0.6 is 0 Å². The summed E-state index contributed by atoms with van der Waals surface area (Å²) in [5.41, 5.74) is 0. The van der Waals surface area contributed by atoms with Crippen LogP contribution in [0.3, 0.4) is 0 Å². The molecule has 0 aromatic carbocycles. The predicted molar refractivity (Wildman–Crippen MR) is 45.2 cm³/mol. The van der Waals surface area contributed by atoms with Crippen molar-refractivity contribution in [3.8, 4) is 0 Å². The fourth-order valence-corrected chi connectivity index (χ4v) is 1.90. The Morgan fingerprint density at radius 2 is 2.09 bits per heavy atom. The van der Waals surface area contributed by atoms with Crippen LogP contribution in [0.15, 0.2) is 0 Å². The summed E-state index contributed by atoms with van der Waals surface area (Å²) in [4.78, 5) is 10.2. The Bertz CT molecular complexity index is 136. The topological polar surface area (TPSA) is 29.1 Å². The Morgan fingerprint density at radius 3 is 2.73 bits per heavy atom. The fourth-order valence-electron chi connectivity index (χ4n) is 1.90. The summed E-state index contributed by atoms with van der Waals surface area (Å²) in [5, 5.41) is 2.88. The molecule has 64 valence electrons. The summed E-state index contributed by atoms with van der Waals surface area (Å²) in [6, 6.07) is 0.427. The SMILES string of the molecule is C[C@@H]1[C@H](C)CCC[C@@H]1NC=O. The molecule has 0 aromatic rings. The van der Waals surface area contributed by atoms with Crippen molar-refractivity contribution < 1.29 is 4.79 Å². The number of amides is 1. The Balaban J connectivity index is 2.43. The van der Waals surface area contributed by atoms with Crippen LogP contribution in [-0.2, 0) is 4.79 Å². The van der Waals surface area contributed by atoms with Gasteiger partial charge in [-0.25, -0.2) is 0 Å². The molecule has 1 rings (SSSR count). The highest BCUT2D eigenvalue weighted by molar-refractivity contribution is 5.46. The van der Waals surface area contributed by atoms with Gasteiger partial charge in [-0.1, -0.05) is 26.7 Å². The monoisotopic (exact) mass is 155 g/mol. The molecule has 1 aliphatic carbocycles. The summed E-state index contributed by atoms with van der Waals surface area (Å²) in [5.74, 6) is 1.41. The Kier molecular flexibility index (Phi) is 2.92. The van der Waals surface area contributed by atoms with Crippen molar-refractivity contribution in [1.29, 1.82) is 0 Å². The van der Waals surface area contributed by atoms with Crippen LogP contribution in [0.5, 0.6) is 0 Å². The van der Waals surface area contributed by atoms with Gasteiger partial charge < -0.3 is 5.32 Å². The molecule has 1 saturated carbocycles. The molecule has 2 nitrogen and oxygen atoms in total. The van der Waals surface area contributed by atoms with Gasteiger partial charge in [-0.3, -0.25) is 4.79 Å². The predicted octanol–water partition coefficient (Wildman–Crippen LogP) is 1.56. The second-order valence-electron chi connectivity index (χ2n) is 3.66. The first kappa shape index (κ1) is 8.57. The highest BCUT2D eigenvalue weighted by Crippen LogP contribution is 2.28. The van der Waals surface area contributed by atoms with Crippen LogP contribution in [0.2, 0.25) is 0 Å². The van der Waals surface area contributed by atoms with Crippen molar-refractivity contribution in [2.75, 3.05) is 0 Å². The van der Waals surface area contributed by atoms with Crippen molar-refractivity contribution in [3.05, 3.63) is 0 Å². The molecule has 0 radical (unpaired) electrons. The number of carbonyl (C=O) groups is 1. The molecular formula is C9H17NO. The highest BCUT2D eigenvalue weighted by Gasteiger charge is 2.25. The lowest BCUT2D eigenvalue weighted by molar-refractivity contribution is -0.110. The van der Waals surface area contributed by atoms with E-state index in [1.54, 1.807) is 0 Å². The van der Waals surface area contributed by atoms with Crippen molar-refractivity contribution >= 4 is 6.41 Å². The van der Waals surface area contributed by atoms with E-state index in [0.29, 0.717) is 12.0 Å². The molecule has 0 aromatic heterocycles. The van der Waals surface area contributed by atoms with Crippen LogP contribution in [0.25, 0.3) is 0 Å². The van der Waals surface area contributed by atoms with E-state index in [1.165, 1.54) is 12.8 Å². The minimum Gasteiger partial charge on any atom is -0.356 e. The molecule has 0 spiro atoms. The van der Waals surface area contributed by atoms with Gasteiger partial charge in [-0.15, -0.1) is 0 Å². The number of hydrogen-bond donors (Lipinski definition) is 1. The van der Waals surface area contributed by atoms with Crippen LogP contribution < -0.4 is 5.32 Å². The maximum atomic E-state index is 10.2. The second-order valence-corrected chi connectivity index (χ2v) is 3.66. The summed E-state index contributed by atoms with van der Waals surface area (Å²) < 4.78 is 0.